The molecule has 0 heterocycles. The van der Waals surface area contributed by atoms with Gasteiger partial charge in [0.15, 0.2) is 0 Å². The quantitative estimate of drug-likeness (QED) is 0.435. The minimum Gasteiger partial charge on any atom is -0.544 e. The van der Waals surface area contributed by atoms with Gasteiger partial charge in [-0.2, -0.15) is 8.42 Å². The minimum absolute atomic E-state index is 0.0532. The van der Waals surface area contributed by atoms with Gasteiger partial charge in [-0.1, -0.05) is 6.08 Å². The molecule has 0 N–H and O–H groups in total. The highest BCUT2D eigenvalue weighted by Crippen LogP contribution is 1.94. The van der Waals surface area contributed by atoms with Crippen LogP contribution in [0.15, 0.2) is 12.7 Å². The Kier molecular flexibility index (Phi) is 9.73. The summed E-state index contributed by atoms with van der Waals surface area (Å²) in [5, 5.41) is 9.89. The van der Waals surface area contributed by atoms with Crippen molar-refractivity contribution in [1.29, 1.82) is 0 Å². The maximum absolute atomic E-state index is 10.5. The van der Waals surface area contributed by atoms with E-state index in [1.54, 1.807) is 28.1 Å². The Hall–Kier alpha value is -0.960. The number of carboxylic acids is 1. The van der Waals surface area contributed by atoms with Crippen LogP contribution in [0.1, 0.15) is 6.92 Å². The molecular weight excluding hydrogens is 262 g/mol. The maximum atomic E-state index is 10.5. The van der Waals surface area contributed by atoms with Crippen molar-refractivity contribution in [2.75, 3.05) is 40.9 Å². The van der Waals surface area contributed by atoms with E-state index in [-0.39, 0.29) is 19.8 Å². The van der Waals surface area contributed by atoms with Crippen LogP contribution in [0.4, 0.5) is 0 Å². The van der Waals surface area contributed by atoms with E-state index in [2.05, 4.69) is 14.9 Å². The summed E-state index contributed by atoms with van der Waals surface area (Å²) in [4.78, 5) is 9.89. The number of hydrogen-bond acceptors (Lipinski definition) is 6. The van der Waals surface area contributed by atoms with Crippen LogP contribution in [0.25, 0.3) is 0 Å². The second-order valence-corrected chi connectivity index (χ2v) is 5.50. The summed E-state index contributed by atoms with van der Waals surface area (Å²) in [6, 6.07) is 0. The average Bonchev–Trinajstić information content (AvgIpc) is 2.11. The van der Waals surface area contributed by atoms with Gasteiger partial charge in [0.2, 0.25) is 0 Å². The Morgan fingerprint density at radius 2 is 1.83 bits per heavy atom. The molecule has 18 heavy (non-hydrogen) atoms. The van der Waals surface area contributed by atoms with Gasteiger partial charge >= 0.3 is 10.4 Å². The fraction of sp³-hybridized carbons (Fsp3) is 0.700. The zero-order chi connectivity index (χ0) is 14.8. The highest BCUT2D eigenvalue weighted by Gasteiger charge is 2.07. The van der Waals surface area contributed by atoms with Crippen molar-refractivity contribution in [2.45, 2.75) is 6.92 Å². The van der Waals surface area contributed by atoms with Gasteiger partial charge in [-0.25, -0.2) is 8.37 Å². The first-order valence-electron chi connectivity index (χ1n) is 5.19. The van der Waals surface area contributed by atoms with E-state index in [4.69, 9.17) is 0 Å². The summed E-state index contributed by atoms with van der Waals surface area (Å²) >= 11 is 0. The van der Waals surface area contributed by atoms with E-state index < -0.39 is 16.4 Å². The number of hydrogen-bond donors (Lipinski definition) is 0. The first kappa shape index (κ1) is 19.4. The van der Waals surface area contributed by atoms with Crippen LogP contribution in [0.3, 0.4) is 0 Å². The van der Waals surface area contributed by atoms with Crippen LogP contribution in [-0.4, -0.2) is 59.8 Å². The van der Waals surface area contributed by atoms with E-state index >= 15 is 0 Å². The normalized spacial score (nSPS) is 11.3. The first-order chi connectivity index (χ1) is 8.04. The van der Waals surface area contributed by atoms with Crippen molar-refractivity contribution in [3.8, 4) is 0 Å². The van der Waals surface area contributed by atoms with Crippen LogP contribution in [-0.2, 0) is 23.6 Å². The average molecular weight is 283 g/mol. The smallest absolute Gasteiger partial charge is 0.400 e. The van der Waals surface area contributed by atoms with Gasteiger partial charge in [-0.15, -0.1) is 6.58 Å². The third-order valence-corrected chi connectivity index (χ3v) is 2.14. The fourth-order valence-corrected chi connectivity index (χ4v) is 1.32. The van der Waals surface area contributed by atoms with Crippen molar-refractivity contribution in [2.24, 2.45) is 0 Å². The Balaban J connectivity index is 0. The molecule has 0 unspecified atom stereocenters. The zero-order valence-electron chi connectivity index (χ0n) is 11.2. The molecule has 0 aliphatic carbocycles. The van der Waals surface area contributed by atoms with Crippen molar-refractivity contribution in [1.82, 2.24) is 0 Å². The molecule has 0 aliphatic heterocycles. The topological polar surface area (TPSA) is 92.7 Å². The van der Waals surface area contributed by atoms with Crippen molar-refractivity contribution >= 4 is 16.4 Å². The second kappa shape index (κ2) is 9.03. The summed E-state index contributed by atoms with van der Waals surface area (Å²) in [6.45, 7) is 4.94. The molecule has 0 aromatic carbocycles. The summed E-state index contributed by atoms with van der Waals surface area (Å²) in [7, 11) is 1.64. The summed E-state index contributed by atoms with van der Waals surface area (Å²) in [5.41, 5.74) is 0. The first-order valence-corrected chi connectivity index (χ1v) is 6.52. The molecule has 108 valence electrons. The molecule has 0 aromatic heterocycles. The lowest BCUT2D eigenvalue weighted by atomic mass is 10.5. The van der Waals surface area contributed by atoms with Gasteiger partial charge in [-0.05, 0) is 6.92 Å². The van der Waals surface area contributed by atoms with Gasteiger partial charge in [0.05, 0.1) is 40.3 Å². The summed E-state index contributed by atoms with van der Waals surface area (Å²) < 4.78 is 29.9. The van der Waals surface area contributed by atoms with Gasteiger partial charge in [-0.3, -0.25) is 0 Å². The number of nitrogens with zero attached hydrogens (tertiary/aromatic N) is 1. The standard InChI is InChI=1S/C5H11NO2.C5H10O4S/c1-6(2,3)4-5(7)8;1-3-5-9-10(6,7)8-4-2/h4H2,1-3H3;3H,1,4-5H2,2H3. The molecular formula is C10H21NO6S. The number of carbonyl (C=O) groups is 1. The van der Waals surface area contributed by atoms with Gasteiger partial charge in [0.1, 0.15) is 6.54 Å². The van der Waals surface area contributed by atoms with E-state index in [0.29, 0.717) is 4.48 Å². The van der Waals surface area contributed by atoms with Crippen LogP contribution in [0, 0.1) is 0 Å². The Bertz CT molecular complexity index is 344. The van der Waals surface area contributed by atoms with Crippen LogP contribution in [0.5, 0.6) is 0 Å². The fourth-order valence-electron chi connectivity index (χ4n) is 0.697. The number of rotatable bonds is 7. The molecule has 0 amide bonds. The molecule has 0 rings (SSSR count). The van der Waals surface area contributed by atoms with E-state index in [1.165, 1.54) is 6.08 Å². The van der Waals surface area contributed by atoms with Gasteiger partial charge in [0, 0.05) is 0 Å². The zero-order valence-corrected chi connectivity index (χ0v) is 12.0. The third kappa shape index (κ3) is 17.4. The molecule has 0 saturated carbocycles. The van der Waals surface area contributed by atoms with E-state index in [0.717, 1.165) is 0 Å². The molecule has 0 aliphatic rings. The Labute approximate surface area is 109 Å². The number of aliphatic carboxylic acids is 1. The summed E-state index contributed by atoms with van der Waals surface area (Å²) in [5.74, 6) is -1.00. The molecule has 0 spiro atoms. The molecule has 0 atom stereocenters. The van der Waals surface area contributed by atoms with Crippen LogP contribution in [0.2, 0.25) is 0 Å². The highest BCUT2D eigenvalue weighted by atomic mass is 32.3. The molecule has 0 radical (unpaired) electrons. The largest absolute Gasteiger partial charge is 0.544 e. The number of likely N-dealkylation sites (N-methyl/N-ethyl adjacent to an activating group) is 1. The lowest BCUT2D eigenvalue weighted by Crippen LogP contribution is -2.45. The Morgan fingerprint density at radius 3 is 2.06 bits per heavy atom. The predicted molar refractivity (Wildman–Crippen MR) is 64.6 cm³/mol. The SMILES string of the molecule is C=CCOS(=O)(=O)OCC.C[N+](C)(C)CC(=O)[O-]. The van der Waals surface area contributed by atoms with Crippen LogP contribution < -0.4 is 5.11 Å². The number of carbonyl (C=O) groups excluding carboxylic acids is 1. The molecule has 0 saturated heterocycles. The third-order valence-electron chi connectivity index (χ3n) is 1.20. The Morgan fingerprint density at radius 1 is 1.33 bits per heavy atom. The molecule has 0 fully saturated rings. The van der Waals surface area contributed by atoms with Crippen molar-refractivity contribution in [3.05, 3.63) is 12.7 Å². The van der Waals surface area contributed by atoms with Crippen molar-refractivity contribution < 1.29 is 31.2 Å². The maximum Gasteiger partial charge on any atom is 0.400 e. The summed E-state index contributed by atoms with van der Waals surface area (Å²) in [6.07, 6.45) is 1.33. The van der Waals surface area contributed by atoms with Gasteiger partial charge < -0.3 is 14.4 Å². The lowest BCUT2D eigenvalue weighted by Gasteiger charge is -2.23. The van der Waals surface area contributed by atoms with E-state index in [9.17, 15) is 18.3 Å². The van der Waals surface area contributed by atoms with Gasteiger partial charge in [0.25, 0.3) is 0 Å². The number of quaternary nitrogens is 1. The van der Waals surface area contributed by atoms with Crippen LogP contribution >= 0.6 is 0 Å². The van der Waals surface area contributed by atoms with E-state index in [1.807, 2.05) is 0 Å². The molecule has 0 aromatic rings. The molecule has 7 nitrogen and oxygen atoms in total. The molecule has 8 heteroatoms. The van der Waals surface area contributed by atoms with Crippen molar-refractivity contribution in [3.63, 3.8) is 0 Å². The monoisotopic (exact) mass is 283 g/mol. The second-order valence-electron chi connectivity index (χ2n) is 4.21. The highest BCUT2D eigenvalue weighted by molar-refractivity contribution is 7.81. The minimum atomic E-state index is -3.77. The molecule has 0 bridgehead atoms. The lowest BCUT2D eigenvalue weighted by molar-refractivity contribution is -0.864. The number of carboxylic acid groups (broad SMARTS) is 1. The predicted octanol–water partition coefficient (Wildman–Crippen LogP) is -1.09.